The van der Waals surface area contributed by atoms with Crippen molar-refractivity contribution in [2.24, 2.45) is 0 Å². The fourth-order valence-corrected chi connectivity index (χ4v) is 3.12. The first kappa shape index (κ1) is 16.9. The van der Waals surface area contributed by atoms with Gasteiger partial charge in [0.2, 0.25) is 5.82 Å². The van der Waals surface area contributed by atoms with E-state index in [0.29, 0.717) is 34.4 Å². The molecular formula is C15H8ClF3N4O2S. The van der Waals surface area contributed by atoms with Crippen LogP contribution in [0.4, 0.5) is 13.2 Å². The predicted molar refractivity (Wildman–Crippen MR) is 86.7 cm³/mol. The lowest BCUT2D eigenvalue weighted by atomic mass is 10.3. The first-order valence-corrected chi connectivity index (χ1v) is 8.41. The van der Waals surface area contributed by atoms with Crippen LogP contribution in [0.5, 0.6) is 0 Å². The molecule has 26 heavy (non-hydrogen) atoms. The minimum absolute atomic E-state index is 0.0589. The molecule has 0 amide bonds. The summed E-state index contributed by atoms with van der Waals surface area (Å²) in [7, 11) is 0. The molecule has 0 aliphatic carbocycles. The minimum atomic E-state index is -4.40. The van der Waals surface area contributed by atoms with Gasteiger partial charge in [-0.15, -0.1) is 11.3 Å². The van der Waals surface area contributed by atoms with Crippen LogP contribution in [0.15, 0.2) is 44.9 Å². The van der Waals surface area contributed by atoms with Gasteiger partial charge < -0.3 is 8.94 Å². The molecule has 6 nitrogen and oxygen atoms in total. The van der Waals surface area contributed by atoms with Crippen molar-refractivity contribution in [3.05, 3.63) is 51.6 Å². The number of aromatic nitrogens is 4. The van der Waals surface area contributed by atoms with Gasteiger partial charge in [0.25, 0.3) is 5.89 Å². The van der Waals surface area contributed by atoms with Gasteiger partial charge in [0.1, 0.15) is 10.6 Å². The Kier molecular flexibility index (Phi) is 4.08. The Morgan fingerprint density at radius 3 is 2.81 bits per heavy atom. The molecule has 0 spiro atoms. The van der Waals surface area contributed by atoms with Gasteiger partial charge in [-0.2, -0.15) is 23.3 Å². The van der Waals surface area contributed by atoms with E-state index in [0.717, 1.165) is 6.07 Å². The zero-order valence-electron chi connectivity index (χ0n) is 12.7. The number of halogens is 4. The highest BCUT2D eigenvalue weighted by Gasteiger charge is 2.33. The molecule has 0 aliphatic rings. The van der Waals surface area contributed by atoms with Gasteiger partial charge in [-0.3, -0.25) is 4.68 Å². The fourth-order valence-electron chi connectivity index (χ4n) is 2.21. The highest BCUT2D eigenvalue weighted by Crippen LogP contribution is 2.36. The molecule has 11 heteroatoms. The Bertz CT molecular complexity index is 1050. The number of alkyl halides is 3. The maximum atomic E-state index is 12.7. The van der Waals surface area contributed by atoms with Crippen LogP contribution in [0.3, 0.4) is 0 Å². The molecule has 4 rings (SSSR count). The maximum Gasteiger partial charge on any atom is 0.425 e. The van der Waals surface area contributed by atoms with Crippen LogP contribution in [-0.2, 0) is 12.7 Å². The van der Waals surface area contributed by atoms with Crippen LogP contribution in [0.2, 0.25) is 5.02 Å². The quantitative estimate of drug-likeness (QED) is 0.483. The summed E-state index contributed by atoms with van der Waals surface area (Å²) in [5.74, 6) is 1.02. The number of furan rings is 1. The summed E-state index contributed by atoms with van der Waals surface area (Å²) >= 11 is 6.37. The third kappa shape index (κ3) is 3.37. The minimum Gasteiger partial charge on any atom is -0.454 e. The van der Waals surface area contributed by atoms with Crippen LogP contribution in [0.25, 0.3) is 23.0 Å². The molecule has 4 aromatic heterocycles. The average molecular weight is 401 g/mol. The largest absolute Gasteiger partial charge is 0.454 e. The summed E-state index contributed by atoms with van der Waals surface area (Å²) in [6.07, 6.45) is -1.25. The van der Waals surface area contributed by atoms with E-state index in [1.165, 1.54) is 11.6 Å². The molecule has 0 radical (unpaired) electrons. The van der Waals surface area contributed by atoms with Crippen molar-refractivity contribution in [2.45, 2.75) is 12.7 Å². The van der Waals surface area contributed by atoms with E-state index < -0.39 is 11.1 Å². The highest BCUT2D eigenvalue weighted by atomic mass is 35.5. The number of hydrogen-bond acceptors (Lipinski definition) is 6. The van der Waals surface area contributed by atoms with Crippen molar-refractivity contribution in [3.63, 3.8) is 0 Å². The molecule has 0 N–H and O–H groups in total. The van der Waals surface area contributed by atoms with Crippen molar-refractivity contribution >= 4 is 22.9 Å². The zero-order valence-corrected chi connectivity index (χ0v) is 14.3. The zero-order chi connectivity index (χ0) is 18.3. The Hall–Kier alpha value is -2.59. The summed E-state index contributed by atoms with van der Waals surface area (Å²) < 4.78 is 50.4. The number of nitrogens with zero attached hydrogens (tertiary/aromatic N) is 4. The van der Waals surface area contributed by atoms with Crippen molar-refractivity contribution in [1.82, 2.24) is 19.9 Å². The summed E-state index contributed by atoms with van der Waals surface area (Å²) in [6.45, 7) is 0.354. The van der Waals surface area contributed by atoms with Crippen LogP contribution in [0, 0.1) is 0 Å². The van der Waals surface area contributed by atoms with E-state index in [1.807, 2.05) is 0 Å². The van der Waals surface area contributed by atoms with Gasteiger partial charge in [0, 0.05) is 17.1 Å². The third-order valence-corrected chi connectivity index (χ3v) is 4.53. The molecule has 0 fully saturated rings. The van der Waals surface area contributed by atoms with Gasteiger partial charge in [-0.1, -0.05) is 16.8 Å². The standard InChI is InChI=1S/C15H8ClF3N4O2S/c16-9-4-20-23(5-9)6-10-1-2-11(24-10)14-21-13(22-25-14)8-3-12(26-7-8)15(17,18)19/h1-5,7H,6H2. The Morgan fingerprint density at radius 2 is 2.12 bits per heavy atom. The van der Waals surface area contributed by atoms with Gasteiger partial charge in [-0.25, -0.2) is 0 Å². The molecule has 0 aliphatic heterocycles. The van der Waals surface area contributed by atoms with Crippen LogP contribution >= 0.6 is 22.9 Å². The number of rotatable bonds is 4. The van der Waals surface area contributed by atoms with Gasteiger partial charge >= 0.3 is 6.18 Å². The summed E-state index contributed by atoms with van der Waals surface area (Å²) in [5.41, 5.74) is 0.232. The molecule has 134 valence electrons. The molecule has 0 saturated heterocycles. The van der Waals surface area contributed by atoms with E-state index in [-0.39, 0.29) is 17.3 Å². The molecule has 4 heterocycles. The third-order valence-electron chi connectivity index (χ3n) is 3.36. The van der Waals surface area contributed by atoms with E-state index in [4.69, 9.17) is 20.5 Å². The van der Waals surface area contributed by atoms with E-state index in [2.05, 4.69) is 15.2 Å². The number of thiophene rings is 1. The lowest BCUT2D eigenvalue weighted by Crippen LogP contribution is -2.00. The molecule has 0 unspecified atom stereocenters. The fraction of sp³-hybridized carbons (Fsp3) is 0.133. The Balaban J connectivity index is 1.54. The normalized spacial score (nSPS) is 12.0. The Labute approximate surface area is 152 Å². The van der Waals surface area contributed by atoms with Crippen LogP contribution < -0.4 is 0 Å². The topological polar surface area (TPSA) is 69.9 Å². The van der Waals surface area contributed by atoms with Crippen LogP contribution in [0.1, 0.15) is 10.6 Å². The van der Waals surface area contributed by atoms with E-state index >= 15 is 0 Å². The van der Waals surface area contributed by atoms with E-state index in [1.54, 1.807) is 23.0 Å². The highest BCUT2D eigenvalue weighted by molar-refractivity contribution is 7.10. The Morgan fingerprint density at radius 1 is 1.27 bits per heavy atom. The predicted octanol–water partition coefficient (Wildman–Crippen LogP) is 4.98. The van der Waals surface area contributed by atoms with Gasteiger partial charge in [-0.05, 0) is 18.2 Å². The second-order valence-electron chi connectivity index (χ2n) is 5.24. The molecule has 4 aromatic rings. The monoisotopic (exact) mass is 400 g/mol. The first-order valence-electron chi connectivity index (χ1n) is 7.15. The molecule has 0 saturated carbocycles. The average Bonchev–Trinajstić information content (AvgIpc) is 3.33. The van der Waals surface area contributed by atoms with Crippen molar-refractivity contribution in [2.75, 3.05) is 0 Å². The lowest BCUT2D eigenvalue weighted by molar-refractivity contribution is -0.134. The molecule has 0 atom stereocenters. The maximum absolute atomic E-state index is 12.7. The summed E-state index contributed by atoms with van der Waals surface area (Å²) in [4.78, 5) is 3.37. The summed E-state index contributed by atoms with van der Waals surface area (Å²) in [6, 6.07) is 4.32. The SMILES string of the molecule is FC(F)(F)c1cc(-c2noc(-c3ccc(Cn4cc(Cl)cn4)o3)n2)cs1. The second kappa shape index (κ2) is 6.29. The van der Waals surface area contributed by atoms with Crippen molar-refractivity contribution < 1.29 is 22.1 Å². The van der Waals surface area contributed by atoms with Crippen LogP contribution in [-0.4, -0.2) is 19.9 Å². The molecular weight excluding hydrogens is 393 g/mol. The molecule has 0 bridgehead atoms. The molecule has 0 aromatic carbocycles. The second-order valence-corrected chi connectivity index (χ2v) is 6.59. The summed E-state index contributed by atoms with van der Waals surface area (Å²) in [5, 5.41) is 9.59. The van der Waals surface area contributed by atoms with Gasteiger partial charge in [0.15, 0.2) is 5.76 Å². The first-order chi connectivity index (χ1) is 12.4. The van der Waals surface area contributed by atoms with Crippen molar-refractivity contribution in [1.29, 1.82) is 0 Å². The van der Waals surface area contributed by atoms with Crippen molar-refractivity contribution in [3.8, 4) is 23.0 Å². The smallest absolute Gasteiger partial charge is 0.425 e. The van der Waals surface area contributed by atoms with E-state index in [9.17, 15) is 13.2 Å². The lowest BCUT2D eigenvalue weighted by Gasteiger charge is -1.99. The van der Waals surface area contributed by atoms with Gasteiger partial charge in [0.05, 0.1) is 17.8 Å². The number of hydrogen-bond donors (Lipinski definition) is 0.